The molecule has 1 aliphatic heterocycles. The second-order valence-electron chi connectivity index (χ2n) is 4.78. The lowest BCUT2D eigenvalue weighted by Crippen LogP contribution is -2.35. The average molecular weight is 240 g/mol. The van der Waals surface area contributed by atoms with Crippen LogP contribution in [0.15, 0.2) is 18.2 Å². The fraction of sp³-hybridized carbons (Fsp3) is 0.538. The van der Waals surface area contributed by atoms with Crippen molar-refractivity contribution in [3.05, 3.63) is 29.8 Å². The average Bonchev–Trinajstić information content (AvgIpc) is 2.31. The number of likely N-dealkylation sites (tertiary alicyclic amines) is 1. The Morgan fingerprint density at radius 3 is 2.88 bits per heavy atom. The molecule has 1 aromatic rings. The van der Waals surface area contributed by atoms with Gasteiger partial charge in [0.15, 0.2) is 11.6 Å². The summed E-state index contributed by atoms with van der Waals surface area (Å²) in [5.74, 6) is -1.01. The highest BCUT2D eigenvalue weighted by atomic mass is 19.2. The summed E-state index contributed by atoms with van der Waals surface area (Å²) in [4.78, 5) is 2.31. The molecule has 1 unspecified atom stereocenters. The third-order valence-corrected chi connectivity index (χ3v) is 3.24. The third-order valence-electron chi connectivity index (χ3n) is 3.24. The van der Waals surface area contributed by atoms with Gasteiger partial charge in [-0.3, -0.25) is 0 Å². The highest BCUT2D eigenvalue weighted by Gasteiger charge is 2.16. The van der Waals surface area contributed by atoms with Crippen LogP contribution < -0.4 is 5.32 Å². The maximum Gasteiger partial charge on any atom is 0.160 e. The Balaban J connectivity index is 1.86. The molecular formula is C13H18F2N2. The number of halogens is 2. The summed E-state index contributed by atoms with van der Waals surface area (Å²) in [5.41, 5.74) is 0.650. The van der Waals surface area contributed by atoms with Gasteiger partial charge in [0.1, 0.15) is 0 Å². The van der Waals surface area contributed by atoms with E-state index in [-0.39, 0.29) is 0 Å². The quantitative estimate of drug-likeness (QED) is 0.874. The zero-order chi connectivity index (χ0) is 12.3. The largest absolute Gasteiger partial charge is 0.385 e. The summed E-state index contributed by atoms with van der Waals surface area (Å²) in [7, 11) is 2.11. The fourth-order valence-corrected chi connectivity index (χ4v) is 2.31. The van der Waals surface area contributed by atoms with Crippen molar-refractivity contribution in [3.63, 3.8) is 0 Å². The van der Waals surface area contributed by atoms with E-state index >= 15 is 0 Å². The van der Waals surface area contributed by atoms with Crippen molar-refractivity contribution in [1.82, 2.24) is 4.90 Å². The number of nitrogens with zero attached hydrogens (tertiary/aromatic N) is 1. The van der Waals surface area contributed by atoms with Crippen molar-refractivity contribution in [1.29, 1.82) is 0 Å². The molecule has 0 aliphatic carbocycles. The molecule has 0 saturated carbocycles. The summed E-state index contributed by atoms with van der Waals surface area (Å²) in [6, 6.07) is 3.94. The third kappa shape index (κ3) is 3.40. The lowest BCUT2D eigenvalue weighted by Gasteiger charge is -2.29. The van der Waals surface area contributed by atoms with Crippen LogP contribution in [0.3, 0.4) is 0 Å². The van der Waals surface area contributed by atoms with E-state index in [2.05, 4.69) is 17.3 Å². The Bertz CT molecular complexity index is 382. The normalized spacial score (nSPS) is 21.5. The van der Waals surface area contributed by atoms with Crippen molar-refractivity contribution < 1.29 is 8.78 Å². The molecule has 2 rings (SSSR count). The van der Waals surface area contributed by atoms with Gasteiger partial charge in [0.2, 0.25) is 0 Å². The fourth-order valence-electron chi connectivity index (χ4n) is 2.31. The Morgan fingerprint density at radius 2 is 2.18 bits per heavy atom. The van der Waals surface area contributed by atoms with Crippen LogP contribution in [-0.2, 0) is 0 Å². The Hall–Kier alpha value is -1.16. The van der Waals surface area contributed by atoms with Crippen LogP contribution in [0.25, 0.3) is 0 Å². The summed E-state index contributed by atoms with van der Waals surface area (Å²) in [6.45, 7) is 3.04. The Labute approximate surface area is 101 Å². The van der Waals surface area contributed by atoms with Gasteiger partial charge in [-0.15, -0.1) is 0 Å². The van der Waals surface area contributed by atoms with Gasteiger partial charge in [-0.2, -0.15) is 0 Å². The van der Waals surface area contributed by atoms with Crippen LogP contribution in [0.5, 0.6) is 0 Å². The van der Waals surface area contributed by atoms with E-state index in [9.17, 15) is 8.78 Å². The van der Waals surface area contributed by atoms with Gasteiger partial charge in [-0.25, -0.2) is 8.78 Å². The van der Waals surface area contributed by atoms with Crippen LogP contribution in [-0.4, -0.2) is 31.6 Å². The molecule has 94 valence electrons. The first-order valence-corrected chi connectivity index (χ1v) is 6.02. The molecule has 1 N–H and O–H groups in total. The molecule has 0 aromatic heterocycles. The van der Waals surface area contributed by atoms with Crippen molar-refractivity contribution in [2.75, 3.05) is 32.0 Å². The lowest BCUT2D eigenvalue weighted by atomic mass is 9.98. The van der Waals surface area contributed by atoms with Crippen molar-refractivity contribution in [2.45, 2.75) is 12.8 Å². The number of rotatable bonds is 3. The minimum atomic E-state index is -0.798. The van der Waals surface area contributed by atoms with E-state index in [0.717, 1.165) is 25.7 Å². The predicted molar refractivity (Wildman–Crippen MR) is 65.1 cm³/mol. The van der Waals surface area contributed by atoms with Gasteiger partial charge < -0.3 is 10.2 Å². The summed E-state index contributed by atoms with van der Waals surface area (Å²) < 4.78 is 25.7. The summed E-state index contributed by atoms with van der Waals surface area (Å²) in [6.07, 6.45) is 2.40. The molecule has 1 aliphatic rings. The van der Waals surface area contributed by atoms with Gasteiger partial charge in [0.25, 0.3) is 0 Å². The van der Waals surface area contributed by atoms with Gasteiger partial charge in [0.05, 0.1) is 0 Å². The molecule has 1 atom stereocenters. The van der Waals surface area contributed by atoms with E-state index < -0.39 is 11.6 Å². The molecule has 0 amide bonds. The van der Waals surface area contributed by atoms with Crippen LogP contribution in [0.4, 0.5) is 14.5 Å². The van der Waals surface area contributed by atoms with Crippen LogP contribution >= 0.6 is 0 Å². The van der Waals surface area contributed by atoms with Gasteiger partial charge >= 0.3 is 0 Å². The number of hydrogen-bond donors (Lipinski definition) is 1. The second kappa shape index (κ2) is 5.45. The Morgan fingerprint density at radius 1 is 1.35 bits per heavy atom. The standard InChI is InChI=1S/C13H18F2N2/c1-17-6-2-3-10(9-17)8-16-11-4-5-12(14)13(15)7-11/h4-5,7,10,16H,2-3,6,8-9H2,1H3. The lowest BCUT2D eigenvalue weighted by molar-refractivity contribution is 0.217. The van der Waals surface area contributed by atoms with Crippen LogP contribution in [0.1, 0.15) is 12.8 Å². The minimum Gasteiger partial charge on any atom is -0.385 e. The molecule has 4 heteroatoms. The van der Waals surface area contributed by atoms with E-state index in [4.69, 9.17) is 0 Å². The second-order valence-corrected chi connectivity index (χ2v) is 4.78. The zero-order valence-corrected chi connectivity index (χ0v) is 10.0. The molecule has 1 aromatic carbocycles. The highest BCUT2D eigenvalue weighted by molar-refractivity contribution is 5.43. The zero-order valence-electron chi connectivity index (χ0n) is 10.0. The van der Waals surface area contributed by atoms with Crippen molar-refractivity contribution in [3.8, 4) is 0 Å². The molecule has 1 saturated heterocycles. The smallest absolute Gasteiger partial charge is 0.160 e. The first-order chi connectivity index (χ1) is 8.15. The molecule has 1 fully saturated rings. The van der Waals surface area contributed by atoms with Crippen molar-refractivity contribution in [2.24, 2.45) is 5.92 Å². The van der Waals surface area contributed by atoms with Gasteiger partial charge in [-0.1, -0.05) is 0 Å². The van der Waals surface area contributed by atoms with E-state index in [1.54, 1.807) is 6.07 Å². The number of piperidine rings is 1. The summed E-state index contributed by atoms with van der Waals surface area (Å²) in [5, 5.41) is 3.17. The Kier molecular flexibility index (Phi) is 3.94. The topological polar surface area (TPSA) is 15.3 Å². The molecule has 17 heavy (non-hydrogen) atoms. The maximum atomic E-state index is 13.0. The SMILES string of the molecule is CN1CCCC(CNc2ccc(F)c(F)c2)C1. The summed E-state index contributed by atoms with van der Waals surface area (Å²) >= 11 is 0. The van der Waals surface area contributed by atoms with E-state index in [1.165, 1.54) is 18.9 Å². The minimum absolute atomic E-state index is 0.585. The van der Waals surface area contributed by atoms with Crippen LogP contribution in [0, 0.1) is 17.6 Å². The maximum absolute atomic E-state index is 13.0. The molecule has 1 heterocycles. The monoisotopic (exact) mass is 240 g/mol. The molecule has 2 nitrogen and oxygen atoms in total. The number of anilines is 1. The van der Waals surface area contributed by atoms with Gasteiger partial charge in [0, 0.05) is 18.8 Å². The van der Waals surface area contributed by atoms with Crippen molar-refractivity contribution >= 4 is 5.69 Å². The van der Waals surface area contributed by atoms with E-state index in [0.29, 0.717) is 11.6 Å². The number of benzene rings is 1. The highest BCUT2D eigenvalue weighted by Crippen LogP contribution is 2.17. The first kappa shape index (κ1) is 12.3. The van der Waals surface area contributed by atoms with E-state index in [1.807, 2.05) is 0 Å². The first-order valence-electron chi connectivity index (χ1n) is 6.02. The molecule has 0 radical (unpaired) electrons. The van der Waals surface area contributed by atoms with Crippen LogP contribution in [0.2, 0.25) is 0 Å². The number of nitrogens with one attached hydrogen (secondary N) is 1. The predicted octanol–water partition coefficient (Wildman–Crippen LogP) is 2.72. The van der Waals surface area contributed by atoms with Gasteiger partial charge in [-0.05, 0) is 50.6 Å². The molecule has 0 bridgehead atoms. The number of hydrogen-bond acceptors (Lipinski definition) is 2. The molecular weight excluding hydrogens is 222 g/mol. The molecule has 0 spiro atoms.